The first-order valence-corrected chi connectivity index (χ1v) is 14.4. The molecule has 0 saturated carbocycles. The van der Waals surface area contributed by atoms with Gasteiger partial charge in [0.1, 0.15) is 11.4 Å². The lowest BCUT2D eigenvalue weighted by atomic mass is 9.93. The van der Waals surface area contributed by atoms with Gasteiger partial charge in [-0.1, -0.05) is 30.8 Å². The molecule has 1 unspecified atom stereocenters. The van der Waals surface area contributed by atoms with Crippen molar-refractivity contribution in [3.05, 3.63) is 77.4 Å². The molecule has 0 radical (unpaired) electrons. The molecule has 1 saturated heterocycles. The summed E-state index contributed by atoms with van der Waals surface area (Å²) in [6.07, 6.45) is 0.377. The van der Waals surface area contributed by atoms with E-state index in [1.54, 1.807) is 24.0 Å². The van der Waals surface area contributed by atoms with Crippen LogP contribution >= 0.6 is 11.8 Å². The van der Waals surface area contributed by atoms with E-state index in [0.717, 1.165) is 35.7 Å². The summed E-state index contributed by atoms with van der Waals surface area (Å²) < 4.78 is 19.0. The van der Waals surface area contributed by atoms with Crippen LogP contribution in [0.3, 0.4) is 0 Å². The molecule has 8 nitrogen and oxygen atoms in total. The van der Waals surface area contributed by atoms with Crippen LogP contribution in [0.1, 0.15) is 37.2 Å². The standard InChI is InChI=1S/C30H36FN5O3S/c1-5-30(4,28(38)34-25-10-12-26(13-11-25)35-14-16-39-17-15-35)36(19-23-6-8-24(31)9-7-23)27(37)20-40-29-32-21(2)18-22(3)33-29/h6-13,18H,5,14-17,19-20H2,1-4H3,(H,34,38). The molecule has 1 N–H and O–H groups in total. The number of hydrogen-bond acceptors (Lipinski definition) is 7. The van der Waals surface area contributed by atoms with Crippen molar-refractivity contribution in [1.29, 1.82) is 0 Å². The number of benzene rings is 2. The highest BCUT2D eigenvalue weighted by Gasteiger charge is 2.41. The highest BCUT2D eigenvalue weighted by Crippen LogP contribution is 2.28. The summed E-state index contributed by atoms with van der Waals surface area (Å²) >= 11 is 1.24. The Morgan fingerprint density at radius 2 is 1.68 bits per heavy atom. The fourth-order valence-corrected chi connectivity index (χ4v) is 5.41. The van der Waals surface area contributed by atoms with Crippen LogP contribution in [0.15, 0.2) is 59.8 Å². The number of carbonyl (C=O) groups is 2. The van der Waals surface area contributed by atoms with Gasteiger partial charge in [0.25, 0.3) is 0 Å². The van der Waals surface area contributed by atoms with Gasteiger partial charge in [-0.25, -0.2) is 14.4 Å². The van der Waals surface area contributed by atoms with Crippen molar-refractivity contribution in [3.8, 4) is 0 Å². The van der Waals surface area contributed by atoms with Gasteiger partial charge in [0.05, 0.1) is 19.0 Å². The van der Waals surface area contributed by atoms with E-state index in [9.17, 15) is 14.0 Å². The van der Waals surface area contributed by atoms with Gasteiger partial charge in [0, 0.05) is 42.4 Å². The summed E-state index contributed by atoms with van der Waals surface area (Å²) in [5.74, 6) is -0.835. The first-order chi connectivity index (χ1) is 19.2. The zero-order valence-corrected chi connectivity index (χ0v) is 24.3. The molecule has 1 aliphatic heterocycles. The minimum absolute atomic E-state index is 0.0567. The van der Waals surface area contributed by atoms with Crippen molar-refractivity contribution in [1.82, 2.24) is 14.9 Å². The molecule has 4 rings (SSSR count). The van der Waals surface area contributed by atoms with Crippen molar-refractivity contribution in [2.75, 3.05) is 42.3 Å². The number of aryl methyl sites for hydroxylation is 2. The highest BCUT2D eigenvalue weighted by molar-refractivity contribution is 7.99. The predicted octanol–water partition coefficient (Wildman–Crippen LogP) is 5.00. The minimum Gasteiger partial charge on any atom is -0.378 e. The fraction of sp³-hybridized carbons (Fsp3) is 0.400. The number of rotatable bonds is 10. The highest BCUT2D eigenvalue weighted by atomic mass is 32.2. The molecular formula is C30H36FN5O3S. The van der Waals surface area contributed by atoms with Crippen LogP contribution in [0.25, 0.3) is 0 Å². The lowest BCUT2D eigenvalue weighted by Crippen LogP contribution is -2.57. The van der Waals surface area contributed by atoms with E-state index in [4.69, 9.17) is 4.74 Å². The first-order valence-electron chi connectivity index (χ1n) is 13.4. The summed E-state index contributed by atoms with van der Waals surface area (Å²) in [5.41, 5.74) is 2.92. The Balaban J connectivity index is 1.54. The normalized spacial score (nSPS) is 14.9. The molecule has 0 spiro atoms. The number of hydrogen-bond donors (Lipinski definition) is 1. The molecule has 10 heteroatoms. The minimum atomic E-state index is -1.17. The Labute approximate surface area is 239 Å². The molecule has 2 amide bonds. The van der Waals surface area contributed by atoms with Gasteiger partial charge in [0.15, 0.2) is 5.16 Å². The van der Waals surface area contributed by atoms with E-state index >= 15 is 0 Å². The number of nitrogens with zero attached hydrogens (tertiary/aromatic N) is 4. The topological polar surface area (TPSA) is 87.7 Å². The number of nitrogens with one attached hydrogen (secondary N) is 1. The van der Waals surface area contributed by atoms with Crippen LogP contribution in [0.4, 0.5) is 15.8 Å². The van der Waals surface area contributed by atoms with Crippen molar-refractivity contribution in [2.45, 2.75) is 51.4 Å². The second-order valence-corrected chi connectivity index (χ2v) is 11.0. The summed E-state index contributed by atoms with van der Waals surface area (Å²) in [6, 6.07) is 15.6. The van der Waals surface area contributed by atoms with E-state index in [-0.39, 0.29) is 29.9 Å². The molecule has 2 aromatic carbocycles. The number of carbonyl (C=O) groups excluding carboxylic acids is 2. The van der Waals surface area contributed by atoms with Gasteiger partial charge in [-0.2, -0.15) is 0 Å². The van der Waals surface area contributed by atoms with Crippen LogP contribution in [-0.2, 0) is 20.9 Å². The van der Waals surface area contributed by atoms with Crippen LogP contribution in [-0.4, -0.2) is 64.3 Å². The smallest absolute Gasteiger partial charge is 0.250 e. The average molecular weight is 566 g/mol. The zero-order valence-electron chi connectivity index (χ0n) is 23.4. The number of aromatic nitrogens is 2. The molecule has 40 heavy (non-hydrogen) atoms. The molecule has 1 aromatic heterocycles. The van der Waals surface area contributed by atoms with Crippen molar-refractivity contribution in [3.63, 3.8) is 0 Å². The van der Waals surface area contributed by atoms with E-state index < -0.39 is 5.54 Å². The van der Waals surface area contributed by atoms with Gasteiger partial charge in [-0.15, -0.1) is 0 Å². The van der Waals surface area contributed by atoms with E-state index in [0.29, 0.717) is 30.5 Å². The lowest BCUT2D eigenvalue weighted by Gasteiger charge is -2.39. The molecule has 0 bridgehead atoms. The SMILES string of the molecule is CCC(C)(C(=O)Nc1ccc(N2CCOCC2)cc1)N(Cc1ccc(F)cc1)C(=O)CSc1nc(C)cc(C)n1. The third-order valence-corrected chi connectivity index (χ3v) is 7.95. The maximum Gasteiger partial charge on any atom is 0.250 e. The number of ether oxygens (including phenoxy) is 1. The Kier molecular flexibility index (Phi) is 9.76. The average Bonchev–Trinajstić information content (AvgIpc) is 2.95. The molecule has 1 atom stereocenters. The van der Waals surface area contributed by atoms with Gasteiger partial charge < -0.3 is 19.9 Å². The predicted molar refractivity (Wildman–Crippen MR) is 156 cm³/mol. The van der Waals surface area contributed by atoms with Crippen molar-refractivity contribution in [2.24, 2.45) is 0 Å². The third kappa shape index (κ3) is 7.37. The number of halogens is 1. The Morgan fingerprint density at radius 3 is 2.27 bits per heavy atom. The fourth-order valence-electron chi connectivity index (χ4n) is 4.59. The zero-order chi connectivity index (χ0) is 28.7. The van der Waals surface area contributed by atoms with Gasteiger partial charge >= 0.3 is 0 Å². The molecule has 1 aliphatic rings. The van der Waals surface area contributed by atoms with Gasteiger partial charge in [0.2, 0.25) is 11.8 Å². The van der Waals surface area contributed by atoms with Crippen LogP contribution in [0.2, 0.25) is 0 Å². The largest absolute Gasteiger partial charge is 0.378 e. The van der Waals surface area contributed by atoms with Gasteiger partial charge in [-0.3, -0.25) is 9.59 Å². The molecule has 3 aromatic rings. The third-order valence-electron chi connectivity index (χ3n) is 7.12. The number of amides is 2. The first kappa shape index (κ1) is 29.5. The van der Waals surface area contributed by atoms with Crippen molar-refractivity contribution >= 4 is 35.0 Å². The monoisotopic (exact) mass is 565 g/mol. The maximum atomic E-state index is 13.8. The second-order valence-electron chi connectivity index (χ2n) is 10.1. The quantitative estimate of drug-likeness (QED) is 0.274. The Hall–Kier alpha value is -3.50. The van der Waals surface area contributed by atoms with Crippen LogP contribution in [0.5, 0.6) is 0 Å². The second kappa shape index (κ2) is 13.2. The van der Waals surface area contributed by atoms with Crippen LogP contribution in [0, 0.1) is 19.7 Å². The summed E-state index contributed by atoms with van der Waals surface area (Å²) in [5, 5.41) is 3.52. The van der Waals surface area contributed by atoms with E-state index in [1.165, 1.54) is 23.9 Å². The summed E-state index contributed by atoms with van der Waals surface area (Å²) in [6.45, 7) is 10.6. The van der Waals surface area contributed by atoms with Crippen LogP contribution < -0.4 is 10.2 Å². The lowest BCUT2D eigenvalue weighted by molar-refractivity contribution is -0.143. The van der Waals surface area contributed by atoms with Gasteiger partial charge in [-0.05, 0) is 75.2 Å². The number of morpholine rings is 1. The number of anilines is 2. The number of thioether (sulfide) groups is 1. The molecule has 0 aliphatic carbocycles. The summed E-state index contributed by atoms with van der Waals surface area (Å²) in [7, 11) is 0. The molecule has 2 heterocycles. The van der Waals surface area contributed by atoms with E-state index in [2.05, 4.69) is 20.2 Å². The maximum absolute atomic E-state index is 13.8. The molecule has 212 valence electrons. The van der Waals surface area contributed by atoms with E-state index in [1.807, 2.05) is 51.1 Å². The Morgan fingerprint density at radius 1 is 1.05 bits per heavy atom. The molecular weight excluding hydrogens is 529 g/mol. The molecule has 1 fully saturated rings. The summed E-state index contributed by atoms with van der Waals surface area (Å²) in [4.78, 5) is 40.2. The van der Waals surface area contributed by atoms with Crippen molar-refractivity contribution < 1.29 is 18.7 Å². The Bertz CT molecular complexity index is 1300.